The van der Waals surface area contributed by atoms with Crippen LogP contribution >= 0.6 is 0 Å². The second-order valence-electron chi connectivity index (χ2n) is 7.98. The summed E-state index contributed by atoms with van der Waals surface area (Å²) in [6, 6.07) is 15.1. The minimum Gasteiger partial charge on any atom is -0.369 e. The number of hydrogen-bond donors (Lipinski definition) is 0. The molecule has 2 aliphatic rings. The third-order valence-electron chi connectivity index (χ3n) is 5.96. The van der Waals surface area contributed by atoms with Crippen LogP contribution in [0.5, 0.6) is 0 Å². The molecule has 2 aromatic carbocycles. The van der Waals surface area contributed by atoms with Crippen LogP contribution in [0.4, 0.5) is 15.8 Å². The molecule has 2 aliphatic heterocycles. The number of piperazine rings is 2. The first-order valence-electron chi connectivity index (χ1n) is 10.4. The minimum atomic E-state index is -0.292. The van der Waals surface area contributed by atoms with Crippen LogP contribution < -0.4 is 9.80 Å². The van der Waals surface area contributed by atoms with Crippen molar-refractivity contribution in [2.75, 3.05) is 69.2 Å². The van der Waals surface area contributed by atoms with Gasteiger partial charge in [-0.15, -0.1) is 0 Å². The van der Waals surface area contributed by atoms with Crippen LogP contribution in [0, 0.1) is 5.82 Å². The van der Waals surface area contributed by atoms with Crippen LogP contribution in [0.15, 0.2) is 48.5 Å². The Labute approximate surface area is 172 Å². The highest BCUT2D eigenvalue weighted by Crippen LogP contribution is 2.23. The van der Waals surface area contributed by atoms with Gasteiger partial charge in [0.1, 0.15) is 5.82 Å². The summed E-state index contributed by atoms with van der Waals surface area (Å²) < 4.78 is 13.3. The number of amides is 1. The molecule has 0 aliphatic carbocycles. The highest BCUT2D eigenvalue weighted by atomic mass is 19.1. The third-order valence-corrected chi connectivity index (χ3v) is 5.96. The van der Waals surface area contributed by atoms with E-state index in [1.54, 1.807) is 12.1 Å². The number of nitrogens with zero attached hydrogens (tertiary/aromatic N) is 4. The van der Waals surface area contributed by atoms with E-state index >= 15 is 0 Å². The molecule has 0 saturated carbocycles. The first-order chi connectivity index (χ1) is 14.1. The molecule has 4 rings (SSSR count). The highest BCUT2D eigenvalue weighted by Gasteiger charge is 2.22. The van der Waals surface area contributed by atoms with Gasteiger partial charge >= 0.3 is 0 Å². The summed E-state index contributed by atoms with van der Waals surface area (Å²) in [5.74, 6) is -0.221. The van der Waals surface area contributed by atoms with Gasteiger partial charge in [-0.25, -0.2) is 4.39 Å². The predicted octanol–water partition coefficient (Wildman–Crippen LogP) is 2.47. The van der Waals surface area contributed by atoms with Gasteiger partial charge in [0.05, 0.1) is 6.42 Å². The van der Waals surface area contributed by atoms with Gasteiger partial charge in [0.15, 0.2) is 0 Å². The molecule has 0 unspecified atom stereocenters. The van der Waals surface area contributed by atoms with Crippen LogP contribution in [0.25, 0.3) is 0 Å². The maximum Gasteiger partial charge on any atom is 0.227 e. The van der Waals surface area contributed by atoms with Crippen molar-refractivity contribution in [3.05, 3.63) is 59.9 Å². The summed E-state index contributed by atoms with van der Waals surface area (Å²) in [5, 5.41) is 0. The zero-order chi connectivity index (χ0) is 20.2. The predicted molar refractivity (Wildman–Crippen MR) is 115 cm³/mol. The zero-order valence-electron chi connectivity index (χ0n) is 17.1. The van der Waals surface area contributed by atoms with Crippen molar-refractivity contribution in [1.82, 2.24) is 9.80 Å². The van der Waals surface area contributed by atoms with E-state index in [0.717, 1.165) is 44.8 Å². The Bertz CT molecular complexity index is 825. The molecule has 2 heterocycles. The van der Waals surface area contributed by atoms with Gasteiger partial charge < -0.3 is 19.6 Å². The van der Waals surface area contributed by atoms with Crippen LogP contribution in [-0.4, -0.2) is 75.1 Å². The molecule has 5 nitrogen and oxygen atoms in total. The van der Waals surface area contributed by atoms with Crippen LogP contribution in [0.2, 0.25) is 0 Å². The van der Waals surface area contributed by atoms with Gasteiger partial charge in [-0.2, -0.15) is 0 Å². The fourth-order valence-corrected chi connectivity index (χ4v) is 4.09. The molecule has 0 N–H and O–H groups in total. The van der Waals surface area contributed by atoms with Crippen molar-refractivity contribution in [2.24, 2.45) is 0 Å². The second kappa shape index (κ2) is 8.82. The molecule has 0 aromatic heterocycles. The van der Waals surface area contributed by atoms with Gasteiger partial charge in [-0.05, 0) is 49.0 Å². The minimum absolute atomic E-state index is 0.0701. The summed E-state index contributed by atoms with van der Waals surface area (Å²) in [4.78, 5) is 21.6. The highest BCUT2D eigenvalue weighted by molar-refractivity contribution is 5.79. The normalized spacial score (nSPS) is 18.2. The van der Waals surface area contributed by atoms with Gasteiger partial charge in [0, 0.05) is 63.7 Å². The number of anilines is 2. The van der Waals surface area contributed by atoms with E-state index in [1.807, 2.05) is 4.90 Å². The van der Waals surface area contributed by atoms with Crippen molar-refractivity contribution in [3.8, 4) is 0 Å². The average Bonchev–Trinajstić information content (AvgIpc) is 2.75. The van der Waals surface area contributed by atoms with Crippen molar-refractivity contribution >= 4 is 17.3 Å². The monoisotopic (exact) mass is 396 g/mol. The summed E-state index contributed by atoms with van der Waals surface area (Å²) >= 11 is 0. The third kappa shape index (κ3) is 4.88. The molecule has 2 saturated heterocycles. The number of carbonyl (C=O) groups is 1. The number of likely N-dealkylation sites (N-methyl/N-ethyl adjacent to an activating group) is 1. The van der Waals surface area contributed by atoms with Crippen molar-refractivity contribution in [1.29, 1.82) is 0 Å². The maximum atomic E-state index is 13.3. The molecule has 29 heavy (non-hydrogen) atoms. The molecule has 2 aromatic rings. The van der Waals surface area contributed by atoms with Crippen molar-refractivity contribution in [2.45, 2.75) is 6.42 Å². The second-order valence-corrected chi connectivity index (χ2v) is 7.98. The van der Waals surface area contributed by atoms with E-state index in [9.17, 15) is 9.18 Å². The summed E-state index contributed by atoms with van der Waals surface area (Å²) in [5.41, 5.74) is 3.22. The topological polar surface area (TPSA) is 30.0 Å². The zero-order valence-corrected chi connectivity index (χ0v) is 17.1. The number of carbonyl (C=O) groups excluding carboxylic acids is 1. The Morgan fingerprint density at radius 2 is 1.38 bits per heavy atom. The molecule has 0 radical (unpaired) electrons. The quantitative estimate of drug-likeness (QED) is 0.794. The Kier molecular flexibility index (Phi) is 6.00. The first-order valence-corrected chi connectivity index (χ1v) is 10.4. The van der Waals surface area contributed by atoms with E-state index in [1.165, 1.54) is 23.5 Å². The van der Waals surface area contributed by atoms with E-state index in [0.29, 0.717) is 13.1 Å². The largest absolute Gasteiger partial charge is 0.369 e. The summed E-state index contributed by atoms with van der Waals surface area (Å²) in [6.07, 6.45) is 0.261. The SMILES string of the molecule is CN1CCN(c2ccc(N3CCN(C(=O)Cc4cccc(F)c4)CC3)cc2)CC1. The molecular formula is C23H29FN4O. The number of halogens is 1. The van der Waals surface area contributed by atoms with Crippen molar-refractivity contribution in [3.63, 3.8) is 0 Å². The fraction of sp³-hybridized carbons (Fsp3) is 0.435. The van der Waals surface area contributed by atoms with Crippen LogP contribution in [0.3, 0.4) is 0 Å². The van der Waals surface area contributed by atoms with Gasteiger partial charge in [0.2, 0.25) is 5.91 Å². The van der Waals surface area contributed by atoms with E-state index in [-0.39, 0.29) is 18.1 Å². The Morgan fingerprint density at radius 1 is 0.828 bits per heavy atom. The molecule has 1 amide bonds. The molecule has 0 bridgehead atoms. The Morgan fingerprint density at radius 3 is 1.93 bits per heavy atom. The maximum absolute atomic E-state index is 13.3. The number of hydrogen-bond acceptors (Lipinski definition) is 4. The van der Waals surface area contributed by atoms with Crippen LogP contribution in [-0.2, 0) is 11.2 Å². The van der Waals surface area contributed by atoms with E-state index in [4.69, 9.17) is 0 Å². The van der Waals surface area contributed by atoms with Gasteiger partial charge in [-0.1, -0.05) is 12.1 Å². The molecular weight excluding hydrogens is 367 g/mol. The summed E-state index contributed by atoms with van der Waals surface area (Å²) in [6.45, 7) is 7.40. The summed E-state index contributed by atoms with van der Waals surface area (Å²) in [7, 11) is 2.17. The number of benzene rings is 2. The Balaban J connectivity index is 1.29. The Hall–Kier alpha value is -2.60. The number of rotatable bonds is 4. The lowest BCUT2D eigenvalue weighted by atomic mass is 10.1. The van der Waals surface area contributed by atoms with Crippen molar-refractivity contribution < 1.29 is 9.18 Å². The molecule has 0 atom stereocenters. The lowest BCUT2D eigenvalue weighted by molar-refractivity contribution is -0.130. The molecule has 0 spiro atoms. The first kappa shape index (κ1) is 19.7. The molecule has 2 fully saturated rings. The molecule has 6 heteroatoms. The standard InChI is InChI=1S/C23H29FN4O/c1-25-9-11-26(12-10-25)21-5-7-22(8-6-21)27-13-15-28(16-14-27)23(29)18-19-3-2-4-20(24)17-19/h2-8,17H,9-16,18H2,1H3. The average molecular weight is 397 g/mol. The van der Waals surface area contributed by atoms with E-state index in [2.05, 4.69) is 46.0 Å². The van der Waals surface area contributed by atoms with Gasteiger partial charge in [-0.3, -0.25) is 4.79 Å². The smallest absolute Gasteiger partial charge is 0.227 e. The lowest BCUT2D eigenvalue weighted by Crippen LogP contribution is -2.49. The fourth-order valence-electron chi connectivity index (χ4n) is 4.09. The van der Waals surface area contributed by atoms with E-state index < -0.39 is 0 Å². The van der Waals surface area contributed by atoms with Gasteiger partial charge in [0.25, 0.3) is 0 Å². The lowest BCUT2D eigenvalue weighted by Gasteiger charge is -2.37. The molecule has 154 valence electrons. The van der Waals surface area contributed by atoms with Crippen LogP contribution in [0.1, 0.15) is 5.56 Å².